The van der Waals surface area contributed by atoms with E-state index in [4.69, 9.17) is 27.9 Å². The minimum Gasteiger partial charge on any atom is -0.491 e. The molecule has 0 saturated carbocycles. The van der Waals surface area contributed by atoms with Crippen LogP contribution in [0.4, 0.5) is 11.4 Å². The van der Waals surface area contributed by atoms with Crippen molar-refractivity contribution in [2.24, 2.45) is 0 Å². The van der Waals surface area contributed by atoms with Gasteiger partial charge in [0.05, 0.1) is 21.7 Å². The van der Waals surface area contributed by atoms with E-state index in [0.29, 0.717) is 22.0 Å². The number of rotatable bonds is 7. The van der Waals surface area contributed by atoms with Crippen LogP contribution in [0.2, 0.25) is 10.0 Å². The fourth-order valence-corrected chi connectivity index (χ4v) is 4.25. The molecular weight excluding hydrogens is 459 g/mol. The number of benzene rings is 3. The first-order chi connectivity index (χ1) is 14.6. The predicted octanol–water partition coefficient (Wildman–Crippen LogP) is 5.83. The Morgan fingerprint density at radius 1 is 0.935 bits per heavy atom. The summed E-state index contributed by atoms with van der Waals surface area (Å²) in [5.74, 6) is 0.354. The SMILES string of the molecule is CC(C)Oc1ccc(C(=O)Nc2ccc(S(=O)(=O)Nc3ccc(Cl)cc3Cl)cc2)cc1. The highest BCUT2D eigenvalue weighted by atomic mass is 35.5. The van der Waals surface area contributed by atoms with Gasteiger partial charge in [-0.25, -0.2) is 8.42 Å². The van der Waals surface area contributed by atoms with E-state index in [1.807, 2.05) is 13.8 Å². The van der Waals surface area contributed by atoms with Crippen LogP contribution in [0.1, 0.15) is 24.2 Å². The number of nitrogens with one attached hydrogen (secondary N) is 2. The van der Waals surface area contributed by atoms with Crippen LogP contribution in [-0.4, -0.2) is 20.4 Å². The van der Waals surface area contributed by atoms with Crippen molar-refractivity contribution in [2.45, 2.75) is 24.8 Å². The van der Waals surface area contributed by atoms with Gasteiger partial charge in [-0.1, -0.05) is 23.2 Å². The van der Waals surface area contributed by atoms with E-state index >= 15 is 0 Å². The van der Waals surface area contributed by atoms with Crippen LogP contribution in [0, 0.1) is 0 Å². The molecule has 0 aliphatic rings. The molecule has 0 bridgehead atoms. The summed E-state index contributed by atoms with van der Waals surface area (Å²) >= 11 is 11.9. The summed E-state index contributed by atoms with van der Waals surface area (Å²) in [6, 6.07) is 17.0. The van der Waals surface area contributed by atoms with Crippen molar-refractivity contribution in [3.05, 3.63) is 82.3 Å². The van der Waals surface area contributed by atoms with E-state index in [1.54, 1.807) is 24.3 Å². The van der Waals surface area contributed by atoms with Crippen molar-refractivity contribution in [3.8, 4) is 5.75 Å². The molecule has 31 heavy (non-hydrogen) atoms. The number of halogens is 2. The monoisotopic (exact) mass is 478 g/mol. The molecule has 0 aromatic heterocycles. The average molecular weight is 479 g/mol. The molecule has 3 aromatic rings. The Hall–Kier alpha value is -2.74. The number of amides is 1. The van der Waals surface area contributed by atoms with Gasteiger partial charge in [0, 0.05) is 16.3 Å². The van der Waals surface area contributed by atoms with Crippen molar-refractivity contribution < 1.29 is 17.9 Å². The van der Waals surface area contributed by atoms with Gasteiger partial charge in [0.1, 0.15) is 5.75 Å². The topological polar surface area (TPSA) is 84.5 Å². The molecule has 6 nitrogen and oxygen atoms in total. The normalized spacial score (nSPS) is 11.3. The Labute approximate surface area is 191 Å². The van der Waals surface area contributed by atoms with E-state index in [9.17, 15) is 13.2 Å². The summed E-state index contributed by atoms with van der Waals surface area (Å²) < 4.78 is 33.2. The first kappa shape index (κ1) is 22.9. The van der Waals surface area contributed by atoms with Crippen molar-refractivity contribution in [1.82, 2.24) is 0 Å². The van der Waals surface area contributed by atoms with Crippen LogP contribution >= 0.6 is 23.2 Å². The molecule has 0 heterocycles. The van der Waals surface area contributed by atoms with Crippen LogP contribution in [0.3, 0.4) is 0 Å². The van der Waals surface area contributed by atoms with Crippen LogP contribution < -0.4 is 14.8 Å². The van der Waals surface area contributed by atoms with Gasteiger partial charge in [-0.15, -0.1) is 0 Å². The molecule has 3 rings (SSSR count). The molecule has 0 aliphatic heterocycles. The van der Waals surface area contributed by atoms with E-state index in [-0.39, 0.29) is 27.6 Å². The maximum atomic E-state index is 12.6. The molecule has 0 saturated heterocycles. The smallest absolute Gasteiger partial charge is 0.261 e. The Morgan fingerprint density at radius 2 is 1.58 bits per heavy atom. The van der Waals surface area contributed by atoms with Gasteiger partial charge >= 0.3 is 0 Å². The highest BCUT2D eigenvalue weighted by Gasteiger charge is 2.16. The van der Waals surface area contributed by atoms with Crippen molar-refractivity contribution in [3.63, 3.8) is 0 Å². The zero-order chi connectivity index (χ0) is 22.6. The Morgan fingerprint density at radius 3 is 2.16 bits per heavy atom. The van der Waals surface area contributed by atoms with Gasteiger partial charge in [-0.2, -0.15) is 0 Å². The fraction of sp³-hybridized carbons (Fsp3) is 0.136. The molecule has 162 valence electrons. The lowest BCUT2D eigenvalue weighted by Gasteiger charge is -2.11. The largest absolute Gasteiger partial charge is 0.491 e. The minimum atomic E-state index is -3.87. The van der Waals surface area contributed by atoms with Crippen molar-refractivity contribution in [2.75, 3.05) is 10.0 Å². The lowest BCUT2D eigenvalue weighted by molar-refractivity contribution is 0.102. The molecule has 2 N–H and O–H groups in total. The summed E-state index contributed by atoms with van der Waals surface area (Å²) in [6.45, 7) is 3.84. The second kappa shape index (κ2) is 9.60. The quantitative estimate of drug-likeness (QED) is 0.446. The van der Waals surface area contributed by atoms with Gasteiger partial charge in [0.25, 0.3) is 15.9 Å². The summed E-state index contributed by atoms with van der Waals surface area (Å²) in [4.78, 5) is 12.4. The molecule has 0 aliphatic carbocycles. The first-order valence-electron chi connectivity index (χ1n) is 9.30. The summed E-state index contributed by atoms with van der Waals surface area (Å²) in [6.07, 6.45) is 0.0414. The molecule has 0 fully saturated rings. The molecule has 3 aromatic carbocycles. The third-order valence-corrected chi connectivity index (χ3v) is 6.02. The predicted molar refractivity (Wildman–Crippen MR) is 124 cm³/mol. The van der Waals surface area contributed by atoms with E-state index < -0.39 is 10.0 Å². The van der Waals surface area contributed by atoms with Crippen LogP contribution in [0.25, 0.3) is 0 Å². The molecule has 1 amide bonds. The van der Waals surface area contributed by atoms with E-state index in [2.05, 4.69) is 10.0 Å². The molecule has 9 heteroatoms. The second-order valence-corrected chi connectivity index (χ2v) is 9.43. The van der Waals surface area contributed by atoms with Crippen molar-refractivity contribution in [1.29, 1.82) is 0 Å². The van der Waals surface area contributed by atoms with E-state index in [0.717, 1.165) is 0 Å². The zero-order valence-electron chi connectivity index (χ0n) is 16.7. The number of sulfonamides is 1. The lowest BCUT2D eigenvalue weighted by atomic mass is 10.2. The Kier molecular flexibility index (Phi) is 7.10. The van der Waals surface area contributed by atoms with Gasteiger partial charge < -0.3 is 10.1 Å². The van der Waals surface area contributed by atoms with Gasteiger partial charge in [-0.3, -0.25) is 9.52 Å². The van der Waals surface area contributed by atoms with Crippen LogP contribution in [0.15, 0.2) is 71.6 Å². The van der Waals surface area contributed by atoms with E-state index in [1.165, 1.54) is 42.5 Å². The molecule has 0 radical (unpaired) electrons. The second-order valence-electron chi connectivity index (χ2n) is 6.90. The Balaban J connectivity index is 1.68. The lowest BCUT2D eigenvalue weighted by Crippen LogP contribution is -2.14. The summed E-state index contributed by atoms with van der Waals surface area (Å²) in [7, 11) is -3.87. The highest BCUT2D eigenvalue weighted by Crippen LogP contribution is 2.28. The number of hydrogen-bond donors (Lipinski definition) is 2. The third kappa shape index (κ3) is 6.13. The van der Waals surface area contributed by atoms with Gasteiger partial charge in [0.2, 0.25) is 0 Å². The molecule has 0 unspecified atom stereocenters. The van der Waals surface area contributed by atoms with Gasteiger partial charge in [0.15, 0.2) is 0 Å². The van der Waals surface area contributed by atoms with Gasteiger partial charge in [-0.05, 0) is 80.6 Å². The summed E-state index contributed by atoms with van der Waals surface area (Å²) in [5, 5.41) is 3.31. The highest BCUT2D eigenvalue weighted by molar-refractivity contribution is 7.92. The minimum absolute atomic E-state index is 0.0201. The standard InChI is InChI=1S/C22H20Cl2N2O4S/c1-14(2)30-18-8-3-15(4-9-18)22(27)25-17-6-10-19(11-7-17)31(28,29)26-21-12-5-16(23)13-20(21)24/h3-14,26H,1-2H3,(H,25,27). The molecule has 0 atom stereocenters. The number of carbonyl (C=O) groups is 1. The maximum Gasteiger partial charge on any atom is 0.261 e. The summed E-state index contributed by atoms with van der Waals surface area (Å²) in [5.41, 5.74) is 1.12. The van der Waals surface area contributed by atoms with Crippen molar-refractivity contribution >= 4 is 50.5 Å². The van der Waals surface area contributed by atoms with Crippen LogP contribution in [-0.2, 0) is 10.0 Å². The maximum absolute atomic E-state index is 12.6. The number of carbonyl (C=O) groups excluding carboxylic acids is 1. The molecular formula is C22H20Cl2N2O4S. The third-order valence-electron chi connectivity index (χ3n) is 4.09. The zero-order valence-corrected chi connectivity index (χ0v) is 19.1. The fourth-order valence-electron chi connectivity index (χ4n) is 2.65. The van der Waals surface area contributed by atoms with Crippen LogP contribution in [0.5, 0.6) is 5.75 Å². The molecule has 0 spiro atoms. The average Bonchev–Trinajstić information content (AvgIpc) is 2.70. The number of ether oxygens (including phenoxy) is 1. The number of anilines is 2. The Bertz CT molecular complexity index is 1180. The number of hydrogen-bond acceptors (Lipinski definition) is 4. The first-order valence-corrected chi connectivity index (χ1v) is 11.5.